The van der Waals surface area contributed by atoms with Gasteiger partial charge in [0, 0.05) is 5.92 Å². The molecule has 4 atom stereocenters. The van der Waals surface area contributed by atoms with Crippen LogP contribution in [0.1, 0.15) is 58.9 Å². The van der Waals surface area contributed by atoms with Crippen LogP contribution in [0.3, 0.4) is 0 Å². The summed E-state index contributed by atoms with van der Waals surface area (Å²) >= 11 is 0. The Hall–Kier alpha value is -2.09. The minimum atomic E-state index is -0.316. The molecule has 0 spiro atoms. The van der Waals surface area contributed by atoms with Gasteiger partial charge in [0.15, 0.2) is 11.0 Å². The van der Waals surface area contributed by atoms with Crippen molar-refractivity contribution in [2.45, 2.75) is 65.0 Å². The van der Waals surface area contributed by atoms with Crippen LogP contribution in [0, 0.1) is 23.7 Å². The number of hydrogen-bond acceptors (Lipinski definition) is 3. The van der Waals surface area contributed by atoms with Gasteiger partial charge < -0.3 is 33.5 Å². The van der Waals surface area contributed by atoms with Gasteiger partial charge in [0.05, 0.1) is 19.7 Å². The fourth-order valence-electron chi connectivity index (χ4n) is 6.09. The Balaban J connectivity index is 0.00000304. The van der Waals surface area contributed by atoms with Crippen LogP contribution in [0.15, 0.2) is 48.5 Å². The van der Waals surface area contributed by atoms with E-state index in [0.29, 0.717) is 23.7 Å². The molecule has 1 heterocycles. The average Bonchev–Trinajstić information content (AvgIpc) is 3.64. The summed E-state index contributed by atoms with van der Waals surface area (Å²) in [6.07, 6.45) is 5.47. The molecule has 5 rings (SSSR count). The molecule has 2 aliphatic carbocycles. The Kier molecular flexibility index (Phi) is 8.32. The predicted octanol–water partition coefficient (Wildman–Crippen LogP) is 3.10. The number of methoxy groups -OCH3 is 1. The first kappa shape index (κ1) is 27.0. The molecular weight excluding hydrogens is 563 g/mol. The van der Waals surface area contributed by atoms with Crippen molar-refractivity contribution in [1.29, 1.82) is 0 Å². The molecule has 0 saturated heterocycles. The number of esters is 1. The summed E-state index contributed by atoms with van der Waals surface area (Å²) in [6.45, 7) is 6.82. The molecule has 194 valence electrons. The summed E-state index contributed by atoms with van der Waals surface area (Å²) in [6, 6.07) is 16.2. The molecule has 0 amide bonds. The lowest BCUT2D eigenvalue weighted by Gasteiger charge is -2.37. The number of benzene rings is 2. The van der Waals surface area contributed by atoms with Crippen LogP contribution in [0.25, 0.3) is 22.4 Å². The van der Waals surface area contributed by atoms with Crippen molar-refractivity contribution >= 4 is 17.0 Å². The molecule has 2 fully saturated rings. The van der Waals surface area contributed by atoms with Gasteiger partial charge in [-0.25, -0.2) is 13.9 Å². The van der Waals surface area contributed by atoms with Gasteiger partial charge in [-0.05, 0) is 79.8 Å². The number of aryl methyl sites for hydroxylation is 1. The van der Waals surface area contributed by atoms with Crippen molar-refractivity contribution in [3.63, 3.8) is 0 Å². The molecule has 2 aliphatic rings. The van der Waals surface area contributed by atoms with Gasteiger partial charge in [0.1, 0.15) is 11.9 Å². The van der Waals surface area contributed by atoms with E-state index in [1.54, 1.807) is 7.11 Å². The summed E-state index contributed by atoms with van der Waals surface area (Å²) in [5.41, 5.74) is 3.25. The van der Waals surface area contributed by atoms with Crippen LogP contribution in [0.4, 0.5) is 0 Å². The van der Waals surface area contributed by atoms with Gasteiger partial charge in [-0.3, -0.25) is 0 Å². The van der Waals surface area contributed by atoms with Crippen molar-refractivity contribution in [2.75, 3.05) is 7.11 Å². The number of fused-ring (bicyclic) bond motifs is 1. The van der Waals surface area contributed by atoms with E-state index in [9.17, 15) is 4.79 Å². The Morgan fingerprint density at radius 1 is 1.03 bits per heavy atom. The molecule has 0 aliphatic heterocycles. The Bertz CT molecular complexity index is 1200. The van der Waals surface area contributed by atoms with Crippen LogP contribution in [0.5, 0.6) is 5.75 Å². The lowest BCUT2D eigenvalue weighted by molar-refractivity contribution is -0.634. The van der Waals surface area contributed by atoms with Crippen LogP contribution in [0.2, 0.25) is 0 Å². The molecule has 5 nitrogen and oxygen atoms in total. The van der Waals surface area contributed by atoms with E-state index in [4.69, 9.17) is 9.47 Å². The second kappa shape index (κ2) is 11.1. The number of carbonyl (C=O) groups excluding carboxylic acids is 1. The summed E-state index contributed by atoms with van der Waals surface area (Å²) in [7, 11) is 3.77. The SMILES string of the molecule is COc1ccc(-c2n([C@@H](C(=O)OC3C[C@H](C)CC[C@H]3C(C)C)C3CC3)c3ccccc3[n+]2C)cc1.[I-]. The third-order valence-corrected chi connectivity index (χ3v) is 8.21. The van der Waals surface area contributed by atoms with Crippen molar-refractivity contribution in [3.05, 3.63) is 48.5 Å². The normalized spacial score (nSPS) is 22.8. The van der Waals surface area contributed by atoms with E-state index in [2.05, 4.69) is 73.4 Å². The van der Waals surface area contributed by atoms with Crippen molar-refractivity contribution in [3.8, 4) is 17.1 Å². The Morgan fingerprint density at radius 2 is 1.72 bits per heavy atom. The molecule has 0 radical (unpaired) electrons. The number of rotatable bonds is 7. The monoisotopic (exact) mass is 602 g/mol. The molecule has 3 aromatic rings. The molecular formula is C30H39IN2O3. The maximum absolute atomic E-state index is 14.0. The van der Waals surface area contributed by atoms with E-state index in [-0.39, 0.29) is 42.1 Å². The number of imidazole rings is 1. The third-order valence-electron chi connectivity index (χ3n) is 8.21. The average molecular weight is 603 g/mol. The van der Waals surface area contributed by atoms with Gasteiger partial charge >= 0.3 is 5.97 Å². The number of hydrogen-bond donors (Lipinski definition) is 0. The van der Waals surface area contributed by atoms with E-state index in [0.717, 1.165) is 53.9 Å². The van der Waals surface area contributed by atoms with E-state index >= 15 is 0 Å². The first-order valence-electron chi connectivity index (χ1n) is 13.2. The summed E-state index contributed by atoms with van der Waals surface area (Å²) in [5.74, 6) is 3.65. The Labute approximate surface area is 232 Å². The summed E-state index contributed by atoms with van der Waals surface area (Å²) < 4.78 is 16.3. The Morgan fingerprint density at radius 3 is 2.36 bits per heavy atom. The number of aromatic nitrogens is 2. The number of carbonyl (C=O) groups is 1. The maximum atomic E-state index is 14.0. The number of halogens is 1. The minimum absolute atomic E-state index is 0. The number of nitrogens with zero attached hydrogens (tertiary/aromatic N) is 2. The molecule has 36 heavy (non-hydrogen) atoms. The molecule has 2 saturated carbocycles. The molecule has 6 heteroatoms. The molecule has 2 aromatic carbocycles. The standard InChI is InChI=1S/C30H39N2O3.HI/c1-19(2)24-17-10-20(3)18-27(24)35-30(33)28(21-11-12-21)32-26-9-7-6-8-25(26)31(4)29(32)22-13-15-23(34-5)16-14-22;/h6-9,13-16,19-21,24,27-28H,10-12,17-18H2,1-5H3;1H/q+1;/p-1/t20-,24+,27?,28-;/m1./s1. The number of ether oxygens (including phenoxy) is 2. The highest BCUT2D eigenvalue weighted by Gasteiger charge is 2.47. The summed E-state index contributed by atoms with van der Waals surface area (Å²) in [4.78, 5) is 14.0. The van der Waals surface area contributed by atoms with Crippen molar-refractivity contribution in [1.82, 2.24) is 4.57 Å². The lowest BCUT2D eigenvalue weighted by Crippen LogP contribution is -3.00. The smallest absolute Gasteiger partial charge is 0.352 e. The molecule has 1 unspecified atom stereocenters. The largest absolute Gasteiger partial charge is 1.00 e. The number of para-hydroxylation sites is 2. The van der Waals surface area contributed by atoms with Gasteiger partial charge in [0.2, 0.25) is 6.04 Å². The zero-order valence-corrected chi connectivity index (χ0v) is 24.3. The first-order valence-corrected chi connectivity index (χ1v) is 13.2. The quantitative estimate of drug-likeness (QED) is 0.237. The van der Waals surface area contributed by atoms with Crippen LogP contribution < -0.4 is 33.3 Å². The van der Waals surface area contributed by atoms with Crippen molar-refractivity contribution in [2.24, 2.45) is 30.7 Å². The third kappa shape index (κ3) is 5.15. The maximum Gasteiger partial charge on any atom is 0.352 e. The fraction of sp³-hybridized carbons (Fsp3) is 0.533. The van der Waals surface area contributed by atoms with Gasteiger partial charge in [0.25, 0.3) is 5.82 Å². The van der Waals surface area contributed by atoms with Gasteiger partial charge in [-0.1, -0.05) is 39.3 Å². The van der Waals surface area contributed by atoms with Crippen LogP contribution >= 0.6 is 0 Å². The molecule has 0 N–H and O–H groups in total. The highest BCUT2D eigenvalue weighted by atomic mass is 127. The molecule has 1 aromatic heterocycles. The zero-order valence-electron chi connectivity index (χ0n) is 22.1. The second-order valence-corrected chi connectivity index (χ2v) is 11.1. The van der Waals surface area contributed by atoms with Gasteiger partial charge in [-0.15, -0.1) is 0 Å². The van der Waals surface area contributed by atoms with Gasteiger partial charge in [-0.2, -0.15) is 0 Å². The van der Waals surface area contributed by atoms with Crippen LogP contribution in [-0.4, -0.2) is 23.8 Å². The first-order chi connectivity index (χ1) is 16.9. The van der Waals surface area contributed by atoms with E-state index in [1.807, 2.05) is 12.1 Å². The van der Waals surface area contributed by atoms with E-state index in [1.165, 1.54) is 6.42 Å². The lowest BCUT2D eigenvalue weighted by atomic mass is 9.75. The predicted molar refractivity (Wildman–Crippen MR) is 138 cm³/mol. The summed E-state index contributed by atoms with van der Waals surface area (Å²) in [5, 5.41) is 0. The highest BCUT2D eigenvalue weighted by Crippen LogP contribution is 2.45. The zero-order chi connectivity index (χ0) is 24.7. The minimum Gasteiger partial charge on any atom is -1.00 e. The fourth-order valence-corrected chi connectivity index (χ4v) is 6.09. The van der Waals surface area contributed by atoms with Crippen LogP contribution in [-0.2, 0) is 16.6 Å². The topological polar surface area (TPSA) is 44.3 Å². The van der Waals surface area contributed by atoms with E-state index < -0.39 is 0 Å². The molecule has 0 bridgehead atoms. The van der Waals surface area contributed by atoms with Crippen molar-refractivity contribution < 1.29 is 42.8 Å². The second-order valence-electron chi connectivity index (χ2n) is 11.1. The highest BCUT2D eigenvalue weighted by molar-refractivity contribution is 5.82.